The fourth-order valence-electron chi connectivity index (χ4n) is 11.1. The zero-order chi connectivity index (χ0) is 114. The molecule has 0 aliphatic carbocycles. The predicted octanol–water partition coefficient (Wildman–Crippen LogP) is 1.77. The number of aliphatic carboxylic acids is 11. The van der Waals surface area contributed by atoms with Gasteiger partial charge in [-0.05, 0) is 267 Å². The number of carboxylic acid groups (broad SMARTS) is 11. The fourth-order valence-corrected chi connectivity index (χ4v) is 11.1. The molecule has 19 unspecified atom stereocenters. The minimum atomic E-state index is -1.02. The van der Waals surface area contributed by atoms with Gasteiger partial charge in [0.25, 0.3) is 0 Å². The molecule has 19 atom stereocenters. The number of carboxylic acids is 11. The summed E-state index contributed by atoms with van der Waals surface area (Å²) in [6.07, 6.45) is 32.5. The van der Waals surface area contributed by atoms with Gasteiger partial charge in [-0.15, -0.1) is 0 Å². The van der Waals surface area contributed by atoms with Crippen molar-refractivity contribution in [2.75, 3.05) is 26.3 Å². The first-order chi connectivity index (χ1) is 66.1. The van der Waals surface area contributed by atoms with E-state index in [0.717, 1.165) is 160 Å². The Balaban J connectivity index is -0.000000149. The molecular formula is C93H203N27O23. The first kappa shape index (κ1) is 157. The molecule has 50 heteroatoms. The average Bonchev–Trinajstić information content (AvgIpc) is 0.967. The Morgan fingerprint density at radius 1 is 0.273 bits per heavy atom. The smallest absolute Gasteiger partial charge is 0.320 e. The van der Waals surface area contributed by atoms with Gasteiger partial charge in [0.05, 0.1) is 6.61 Å². The molecule has 0 heterocycles. The monoisotopic (exact) mass is 2070 g/mol. The maximum Gasteiger partial charge on any atom is 0.320 e. The quantitative estimate of drug-likeness (QED) is 0.0305. The van der Waals surface area contributed by atoms with Gasteiger partial charge in [0.1, 0.15) is 66.5 Å². The summed E-state index contributed by atoms with van der Waals surface area (Å²) in [5, 5.41) is 115. The van der Waals surface area contributed by atoms with Crippen LogP contribution in [0, 0.1) is 22.1 Å². The highest BCUT2D eigenvalue weighted by Gasteiger charge is 2.21. The Morgan fingerprint density at radius 2 is 0.545 bits per heavy atom. The highest BCUT2D eigenvalue weighted by molar-refractivity contribution is 5.80. The van der Waals surface area contributed by atoms with Gasteiger partial charge in [-0.25, -0.2) is 0 Å². The number of unbranched alkanes of at least 4 members (excludes halogenated alkanes) is 11. The fraction of sp³-hybridized carbons (Fsp3) is 0.806. The number of ether oxygens (including phenoxy) is 1. The first-order valence-corrected chi connectivity index (χ1v) is 49.2. The molecule has 0 aromatic rings. The standard InChI is InChI=1S/C11H22N2O2.C10H23N3O2.C10H20N2O3.C10H20N2O2.C9H20N2O2.C8H17N3O2.C8H18N2O2.C7H17N3O2.C7H15N3O2.C7H17N3O2.C6H14N2O2/c1-9(12)7-5-3-2-4-6-8-10(13)11(14)15;1-7(11)5-6-8(12)3-2-4-9(13)10(14)15;1-8(11)7-15-6-4-2-3-5-9(12)10(13)14;1-8(11)6-4-2-3-5-7-9(12)10(13)14;1-6(2)5-7(10)3-4-8(11)9(12)13;1-5(9)4-6(10)2-3-7(11)8(12)13;1-6(9)4-2-3-5-7(10)8(11)12;2*1-4(8)5(9)2-3-6(10)7(11)12;8-4-3-5(9)1-2-6(10)7(11)12;7-4-2-1-3-5(8)6(9)10/h10,12H,2-8,13H2,1H3,(H,14,15);7-9H,2-6,11-13H2,1H3,(H,14,15);9,11H,2-7,12H2,1H3,(H,13,14);9,11H,2-7,12H2,1H3,(H,13,14);6-8H,3-5,10-11H2,1-2H3,(H,12,13);4,6-7H,2-3,9-11H2,1H3,(H,12,13);6-7H,2-5,9-10H2,1H3,(H,11,12);4-6H,2-3,8-10H2,1H3,(H,11,12);6H,2-3,8-10H2,1H3,(H,11,12);5-6H,1-4,8-10H2,(H,11,12);5H,1-4,7-8H2,(H,9,10)/b;;;;;5-4-;;;5-4-;;. The number of allylic oxidation sites excluding steroid dienone is 3. The maximum atomic E-state index is 10.4. The summed E-state index contributed by atoms with van der Waals surface area (Å²) in [6, 6.07) is -8.39. The van der Waals surface area contributed by atoms with Crippen LogP contribution in [-0.2, 0) is 57.5 Å². The van der Waals surface area contributed by atoms with Crippen molar-refractivity contribution in [1.29, 1.82) is 16.2 Å². The van der Waals surface area contributed by atoms with Crippen molar-refractivity contribution in [3.05, 3.63) is 23.2 Å². The van der Waals surface area contributed by atoms with Gasteiger partial charge in [-0.2, -0.15) is 0 Å². The van der Waals surface area contributed by atoms with Crippen molar-refractivity contribution in [3.8, 4) is 0 Å². The van der Waals surface area contributed by atoms with Crippen LogP contribution in [0.5, 0.6) is 0 Å². The molecule has 0 saturated heterocycles. The van der Waals surface area contributed by atoms with E-state index < -0.39 is 132 Å². The number of hydrogen-bond donors (Lipinski definition) is 38. The Labute approximate surface area is 849 Å². The lowest BCUT2D eigenvalue weighted by Crippen LogP contribution is -2.41. The van der Waals surface area contributed by atoms with Crippen LogP contribution in [0.1, 0.15) is 332 Å². The van der Waals surface area contributed by atoms with Crippen molar-refractivity contribution in [2.24, 2.45) is 144 Å². The summed E-state index contributed by atoms with van der Waals surface area (Å²) in [4.78, 5) is 113. The third-order valence-electron chi connectivity index (χ3n) is 20.5. The van der Waals surface area contributed by atoms with Crippen LogP contribution >= 0.6 is 0 Å². The molecule has 143 heavy (non-hydrogen) atoms. The zero-order valence-electron chi connectivity index (χ0n) is 87.6. The van der Waals surface area contributed by atoms with Crippen molar-refractivity contribution in [2.45, 2.75) is 447 Å². The molecule has 0 aromatic carbocycles. The Kier molecular flexibility index (Phi) is 115. The molecule has 0 amide bonds. The molecule has 0 fully saturated rings. The highest BCUT2D eigenvalue weighted by Crippen LogP contribution is 2.14. The second-order valence-corrected chi connectivity index (χ2v) is 36.6. The third-order valence-corrected chi connectivity index (χ3v) is 20.5. The normalized spacial score (nSPS) is 14.9. The van der Waals surface area contributed by atoms with E-state index >= 15 is 0 Å². The van der Waals surface area contributed by atoms with Crippen LogP contribution in [0.3, 0.4) is 0 Å². The molecule has 0 saturated carbocycles. The molecule has 0 radical (unpaired) electrons. The number of carbonyl (C=O) groups is 11. The van der Waals surface area contributed by atoms with E-state index in [1.165, 1.54) is 0 Å². The topological polar surface area (TPSA) is 1120 Å². The average molecular weight is 2070 g/mol. The van der Waals surface area contributed by atoms with E-state index in [4.69, 9.17) is 215 Å². The first-order valence-electron chi connectivity index (χ1n) is 49.2. The molecule has 0 aliphatic rings. The van der Waals surface area contributed by atoms with Gasteiger partial charge in [0.2, 0.25) is 0 Å². The van der Waals surface area contributed by atoms with Gasteiger partial charge in [0.15, 0.2) is 0 Å². The zero-order valence-corrected chi connectivity index (χ0v) is 87.6. The Bertz CT molecular complexity index is 3270. The van der Waals surface area contributed by atoms with Crippen molar-refractivity contribution in [1.82, 2.24) is 0 Å². The molecule has 0 aromatic heterocycles. The largest absolute Gasteiger partial charge is 0.480 e. The van der Waals surface area contributed by atoms with Crippen LogP contribution in [0.25, 0.3) is 0 Å². The number of nitrogens with two attached hydrogens (primary N) is 24. The molecule has 848 valence electrons. The molecular weight excluding hydrogens is 1860 g/mol. The van der Waals surface area contributed by atoms with Crippen molar-refractivity contribution in [3.63, 3.8) is 0 Å². The second-order valence-electron chi connectivity index (χ2n) is 36.6. The summed E-state index contributed by atoms with van der Waals surface area (Å²) >= 11 is 0. The van der Waals surface area contributed by atoms with Crippen LogP contribution in [-0.4, -0.2) is 280 Å². The van der Waals surface area contributed by atoms with E-state index in [1.54, 1.807) is 40.7 Å². The van der Waals surface area contributed by atoms with Crippen LogP contribution in [0.15, 0.2) is 23.2 Å². The summed E-state index contributed by atoms with van der Waals surface area (Å²) in [5.41, 5.74) is 134. The van der Waals surface area contributed by atoms with E-state index in [-0.39, 0.29) is 48.3 Å². The minimum absolute atomic E-state index is 0.0274. The van der Waals surface area contributed by atoms with Crippen molar-refractivity contribution >= 4 is 82.8 Å². The lowest BCUT2D eigenvalue weighted by molar-refractivity contribution is -0.139. The minimum Gasteiger partial charge on any atom is -0.480 e. The highest BCUT2D eigenvalue weighted by atomic mass is 16.5. The lowest BCUT2D eigenvalue weighted by Gasteiger charge is -2.16. The van der Waals surface area contributed by atoms with E-state index in [2.05, 4.69) is 13.8 Å². The summed E-state index contributed by atoms with van der Waals surface area (Å²) in [5.74, 6) is -9.94. The van der Waals surface area contributed by atoms with Crippen molar-refractivity contribution < 1.29 is 114 Å². The molecule has 62 N–H and O–H groups in total. The Hall–Kier alpha value is -8.82. The summed E-state index contributed by atoms with van der Waals surface area (Å²) < 4.78 is 5.18. The molecule has 0 aliphatic heterocycles. The number of rotatable bonds is 71. The molecule has 0 rings (SSSR count). The van der Waals surface area contributed by atoms with Gasteiger partial charge in [0, 0.05) is 89.2 Å². The van der Waals surface area contributed by atoms with E-state index in [0.29, 0.717) is 170 Å². The third kappa shape index (κ3) is 133. The van der Waals surface area contributed by atoms with Crippen LogP contribution < -0.4 is 138 Å². The SMILES string of the molecule is C/C(N)=C(/N)CCC(N)C(=O)O.C/C(N)=C/C(N)CCC(N)C(=O)O.CC(=N)CCCCCCC(N)C(=O)O.CC(=N)CCCCCCCC(N)C(=O)O.CC(=N)COCCCCCC(N)C(=O)O.CC(C)CC(N)CCC(N)C(=O)O.CC(N)C(N)CCC(N)C(=O)O.CC(N)CCC(N)CCCC(N)C(=O)O.CC(N)CCCCC(N)C(=O)O.NCCC(N)CCC(N)C(=O)O.NCCCCC(N)C(=O)O. The molecule has 50 nitrogen and oxygen atoms in total. The van der Waals surface area contributed by atoms with Gasteiger partial charge in [-0.1, -0.05) is 90.9 Å². The molecule has 0 spiro atoms. The molecule has 0 bridgehead atoms. The number of nitrogens with one attached hydrogen (secondary N) is 3. The summed E-state index contributed by atoms with van der Waals surface area (Å²) in [7, 11) is 0. The van der Waals surface area contributed by atoms with E-state index in [1.807, 2.05) is 20.8 Å². The second kappa shape index (κ2) is 105. The van der Waals surface area contributed by atoms with Crippen LogP contribution in [0.2, 0.25) is 0 Å². The van der Waals surface area contributed by atoms with Crippen LogP contribution in [0.4, 0.5) is 0 Å². The van der Waals surface area contributed by atoms with E-state index in [9.17, 15) is 52.7 Å². The summed E-state index contributed by atoms with van der Waals surface area (Å²) in [6.45, 7) is 20.7. The lowest BCUT2D eigenvalue weighted by atomic mass is 9.99. The maximum absolute atomic E-state index is 10.4. The Morgan fingerprint density at radius 3 is 0.846 bits per heavy atom. The van der Waals surface area contributed by atoms with Gasteiger partial charge < -0.3 is 215 Å². The number of hydrogen-bond acceptors (Lipinski definition) is 39. The van der Waals surface area contributed by atoms with Gasteiger partial charge in [-0.3, -0.25) is 52.7 Å². The predicted molar refractivity (Wildman–Crippen MR) is 565 cm³/mol. The van der Waals surface area contributed by atoms with Gasteiger partial charge >= 0.3 is 65.7 Å².